The standard InChI is InChI=1S/C11H20N2O/c14-11(10-4-3-5-10)13-8-2-1-6-12-7-9-13/h10,12H,1-9H2. The second-order valence-electron chi connectivity index (χ2n) is 4.41. The average molecular weight is 196 g/mol. The molecule has 0 spiro atoms. The van der Waals surface area contributed by atoms with Crippen LogP contribution < -0.4 is 5.32 Å². The normalized spacial score (nSPS) is 25.0. The summed E-state index contributed by atoms with van der Waals surface area (Å²) in [4.78, 5) is 14.0. The number of nitrogens with zero attached hydrogens (tertiary/aromatic N) is 1. The van der Waals surface area contributed by atoms with Crippen molar-refractivity contribution in [2.24, 2.45) is 5.92 Å². The van der Waals surface area contributed by atoms with Gasteiger partial charge >= 0.3 is 0 Å². The Morgan fingerprint density at radius 3 is 2.64 bits per heavy atom. The van der Waals surface area contributed by atoms with E-state index >= 15 is 0 Å². The maximum absolute atomic E-state index is 11.9. The maximum atomic E-state index is 11.9. The molecule has 1 N–H and O–H groups in total. The molecule has 0 unspecified atom stereocenters. The maximum Gasteiger partial charge on any atom is 0.225 e. The fourth-order valence-electron chi connectivity index (χ4n) is 2.14. The lowest BCUT2D eigenvalue weighted by Crippen LogP contribution is -2.44. The van der Waals surface area contributed by atoms with Crippen molar-refractivity contribution in [3.05, 3.63) is 0 Å². The van der Waals surface area contributed by atoms with Crippen LogP contribution in [0.2, 0.25) is 0 Å². The molecule has 0 atom stereocenters. The van der Waals surface area contributed by atoms with Gasteiger partial charge in [0.25, 0.3) is 0 Å². The van der Waals surface area contributed by atoms with Crippen molar-refractivity contribution in [2.45, 2.75) is 32.1 Å². The molecule has 1 amide bonds. The zero-order valence-electron chi connectivity index (χ0n) is 8.80. The van der Waals surface area contributed by atoms with E-state index in [4.69, 9.17) is 0 Å². The molecule has 0 aromatic heterocycles. The van der Waals surface area contributed by atoms with Gasteiger partial charge in [0.2, 0.25) is 5.91 Å². The molecule has 1 saturated carbocycles. The first-order valence-corrected chi connectivity index (χ1v) is 5.87. The molecule has 3 heteroatoms. The van der Waals surface area contributed by atoms with E-state index in [0.29, 0.717) is 11.8 Å². The molecule has 0 aromatic carbocycles. The summed E-state index contributed by atoms with van der Waals surface area (Å²) in [5, 5.41) is 3.35. The molecule has 2 rings (SSSR count). The van der Waals surface area contributed by atoms with Gasteiger partial charge in [0, 0.05) is 25.6 Å². The van der Waals surface area contributed by atoms with Gasteiger partial charge in [0.15, 0.2) is 0 Å². The molecular weight excluding hydrogens is 176 g/mol. The van der Waals surface area contributed by atoms with Crippen LogP contribution in [-0.4, -0.2) is 37.0 Å². The first-order chi connectivity index (χ1) is 6.88. The number of rotatable bonds is 1. The molecule has 0 radical (unpaired) electrons. The molecule has 1 aliphatic carbocycles. The molecule has 80 valence electrons. The number of amides is 1. The number of hydrogen-bond donors (Lipinski definition) is 1. The minimum Gasteiger partial charge on any atom is -0.341 e. The number of hydrogen-bond acceptors (Lipinski definition) is 2. The van der Waals surface area contributed by atoms with Crippen molar-refractivity contribution >= 4 is 5.91 Å². The summed E-state index contributed by atoms with van der Waals surface area (Å²) in [5.41, 5.74) is 0. The van der Waals surface area contributed by atoms with Gasteiger partial charge in [0.1, 0.15) is 0 Å². The summed E-state index contributed by atoms with van der Waals surface area (Å²) in [7, 11) is 0. The SMILES string of the molecule is O=C(C1CCC1)N1CCCCNCC1. The van der Waals surface area contributed by atoms with Gasteiger partial charge in [-0.3, -0.25) is 4.79 Å². The predicted octanol–water partition coefficient (Wildman–Crippen LogP) is 0.998. The van der Waals surface area contributed by atoms with E-state index in [1.165, 1.54) is 12.8 Å². The average Bonchev–Trinajstić information content (AvgIpc) is 1.99. The zero-order valence-corrected chi connectivity index (χ0v) is 8.80. The third-order valence-electron chi connectivity index (χ3n) is 3.36. The summed E-state index contributed by atoms with van der Waals surface area (Å²) in [6.45, 7) is 3.98. The van der Waals surface area contributed by atoms with E-state index < -0.39 is 0 Å². The highest BCUT2D eigenvalue weighted by Crippen LogP contribution is 2.28. The van der Waals surface area contributed by atoms with Crippen LogP contribution in [0.1, 0.15) is 32.1 Å². The van der Waals surface area contributed by atoms with Gasteiger partial charge in [-0.25, -0.2) is 0 Å². The minimum absolute atomic E-state index is 0.370. The third-order valence-corrected chi connectivity index (χ3v) is 3.36. The first kappa shape index (κ1) is 9.97. The van der Waals surface area contributed by atoms with Crippen molar-refractivity contribution in [2.75, 3.05) is 26.2 Å². The molecular formula is C11H20N2O. The van der Waals surface area contributed by atoms with Crippen LogP contribution in [0.15, 0.2) is 0 Å². The molecule has 0 aromatic rings. The van der Waals surface area contributed by atoms with Crippen molar-refractivity contribution in [3.63, 3.8) is 0 Å². The van der Waals surface area contributed by atoms with Crippen LogP contribution in [0.3, 0.4) is 0 Å². The Labute approximate surface area is 85.8 Å². The van der Waals surface area contributed by atoms with Gasteiger partial charge < -0.3 is 10.2 Å². The molecule has 1 aliphatic heterocycles. The summed E-state index contributed by atoms with van der Waals surface area (Å²) in [5.74, 6) is 0.786. The highest BCUT2D eigenvalue weighted by atomic mass is 16.2. The fraction of sp³-hybridized carbons (Fsp3) is 0.909. The summed E-state index contributed by atoms with van der Waals surface area (Å²) >= 11 is 0. The first-order valence-electron chi connectivity index (χ1n) is 5.87. The van der Waals surface area contributed by atoms with Crippen LogP contribution >= 0.6 is 0 Å². The van der Waals surface area contributed by atoms with E-state index in [-0.39, 0.29) is 0 Å². The van der Waals surface area contributed by atoms with Crippen LogP contribution in [0.5, 0.6) is 0 Å². The van der Waals surface area contributed by atoms with E-state index in [9.17, 15) is 4.79 Å². The van der Waals surface area contributed by atoms with Crippen molar-refractivity contribution < 1.29 is 4.79 Å². The largest absolute Gasteiger partial charge is 0.341 e. The summed E-state index contributed by atoms with van der Waals surface area (Å²) < 4.78 is 0. The van der Waals surface area contributed by atoms with Crippen LogP contribution in [0.4, 0.5) is 0 Å². The van der Waals surface area contributed by atoms with E-state index in [1.807, 2.05) is 0 Å². The second-order valence-corrected chi connectivity index (χ2v) is 4.41. The molecule has 2 fully saturated rings. The highest BCUT2D eigenvalue weighted by Gasteiger charge is 2.29. The smallest absolute Gasteiger partial charge is 0.225 e. The Kier molecular flexibility index (Phi) is 3.40. The lowest BCUT2D eigenvalue weighted by Gasteiger charge is -2.32. The third kappa shape index (κ3) is 2.27. The topological polar surface area (TPSA) is 32.3 Å². The number of carbonyl (C=O) groups excluding carboxylic acids is 1. The molecule has 1 saturated heterocycles. The second kappa shape index (κ2) is 4.78. The van der Waals surface area contributed by atoms with Gasteiger partial charge in [0.05, 0.1) is 0 Å². The molecule has 14 heavy (non-hydrogen) atoms. The lowest BCUT2D eigenvalue weighted by molar-refractivity contribution is -0.138. The van der Waals surface area contributed by atoms with Crippen LogP contribution in [0, 0.1) is 5.92 Å². The molecule has 1 heterocycles. The van der Waals surface area contributed by atoms with Gasteiger partial charge in [-0.1, -0.05) is 6.42 Å². The lowest BCUT2D eigenvalue weighted by atomic mass is 9.84. The van der Waals surface area contributed by atoms with E-state index in [2.05, 4.69) is 10.2 Å². The minimum atomic E-state index is 0.370. The van der Waals surface area contributed by atoms with Crippen molar-refractivity contribution in [1.29, 1.82) is 0 Å². The van der Waals surface area contributed by atoms with Crippen molar-refractivity contribution in [3.8, 4) is 0 Å². The fourth-order valence-corrected chi connectivity index (χ4v) is 2.14. The Morgan fingerprint density at radius 2 is 1.93 bits per heavy atom. The quantitative estimate of drug-likeness (QED) is 0.678. The van der Waals surface area contributed by atoms with Gasteiger partial charge in [-0.15, -0.1) is 0 Å². The summed E-state index contributed by atoms with van der Waals surface area (Å²) in [6, 6.07) is 0. The Morgan fingerprint density at radius 1 is 1.07 bits per heavy atom. The Balaban J connectivity index is 1.83. The van der Waals surface area contributed by atoms with E-state index in [0.717, 1.165) is 45.4 Å². The zero-order chi connectivity index (χ0) is 9.80. The van der Waals surface area contributed by atoms with Crippen LogP contribution in [0.25, 0.3) is 0 Å². The monoisotopic (exact) mass is 196 g/mol. The Bertz CT molecular complexity index is 193. The number of nitrogens with one attached hydrogen (secondary N) is 1. The van der Waals surface area contributed by atoms with Gasteiger partial charge in [-0.2, -0.15) is 0 Å². The van der Waals surface area contributed by atoms with Gasteiger partial charge in [-0.05, 0) is 32.2 Å². The van der Waals surface area contributed by atoms with Crippen molar-refractivity contribution in [1.82, 2.24) is 10.2 Å². The molecule has 3 nitrogen and oxygen atoms in total. The van der Waals surface area contributed by atoms with Crippen LogP contribution in [-0.2, 0) is 4.79 Å². The summed E-state index contributed by atoms with van der Waals surface area (Å²) in [6.07, 6.45) is 5.87. The molecule has 0 bridgehead atoms. The van der Waals surface area contributed by atoms with E-state index in [1.54, 1.807) is 0 Å². The number of carbonyl (C=O) groups is 1. The Hall–Kier alpha value is -0.570. The molecule has 2 aliphatic rings. The highest BCUT2D eigenvalue weighted by molar-refractivity contribution is 5.79. The predicted molar refractivity (Wildman–Crippen MR) is 56.0 cm³/mol.